The molecule has 7 heavy (non-hydrogen) atoms. The van der Waals surface area contributed by atoms with Crippen LogP contribution in [0.2, 0.25) is 0 Å². The molecule has 2 heteroatoms. The molecule has 1 heterocycles. The summed E-state index contributed by atoms with van der Waals surface area (Å²) in [5, 5.41) is 0. The second-order valence-corrected chi connectivity index (χ2v) is 1.81. The molecule has 1 aliphatic heterocycles. The third-order valence-electron chi connectivity index (χ3n) is 1.25. The smallest absolute Gasteiger partial charge is 0.107 e. The van der Waals surface area contributed by atoms with Crippen molar-refractivity contribution in [3.8, 4) is 0 Å². The van der Waals surface area contributed by atoms with Crippen molar-refractivity contribution in [2.45, 2.75) is 19.1 Å². The fraction of sp³-hybridized carbons (Fsp3) is 1.00. The Morgan fingerprint density at radius 2 is 2.43 bits per heavy atom. The van der Waals surface area contributed by atoms with Crippen molar-refractivity contribution in [2.75, 3.05) is 13.7 Å². The van der Waals surface area contributed by atoms with E-state index in [0.29, 0.717) is 12.2 Å². The third-order valence-corrected chi connectivity index (χ3v) is 1.25. The molecule has 0 spiro atoms. The molecule has 0 aromatic carbocycles. The summed E-state index contributed by atoms with van der Waals surface area (Å²) in [5.41, 5.74) is 0. The van der Waals surface area contributed by atoms with Crippen LogP contribution >= 0.6 is 0 Å². The number of hydrogen-bond acceptors (Lipinski definition) is 2. The van der Waals surface area contributed by atoms with E-state index in [-0.39, 0.29) is 0 Å². The molecule has 0 radical (unpaired) electrons. The first-order chi connectivity index (χ1) is 3.34. The molecule has 0 saturated carbocycles. The first-order valence-corrected chi connectivity index (χ1v) is 2.49. The van der Waals surface area contributed by atoms with Gasteiger partial charge in [-0.15, -0.1) is 0 Å². The molecule has 0 aromatic rings. The fourth-order valence-corrected chi connectivity index (χ4v) is 0.478. The summed E-state index contributed by atoms with van der Waals surface area (Å²) in [6.07, 6.45) is 0.685. The Kier molecular flexibility index (Phi) is 1.30. The summed E-state index contributed by atoms with van der Waals surface area (Å²) >= 11 is 0. The van der Waals surface area contributed by atoms with Crippen LogP contribution in [0.4, 0.5) is 0 Å². The van der Waals surface area contributed by atoms with Gasteiger partial charge in [0.15, 0.2) is 0 Å². The van der Waals surface area contributed by atoms with Gasteiger partial charge in [0.25, 0.3) is 0 Å². The Morgan fingerprint density at radius 3 is 2.57 bits per heavy atom. The van der Waals surface area contributed by atoms with Crippen molar-refractivity contribution >= 4 is 0 Å². The topological polar surface area (TPSA) is 21.8 Å². The molecule has 0 bridgehead atoms. The van der Waals surface area contributed by atoms with Crippen LogP contribution in [0.15, 0.2) is 0 Å². The van der Waals surface area contributed by atoms with E-state index in [1.807, 2.05) is 6.92 Å². The van der Waals surface area contributed by atoms with E-state index in [1.54, 1.807) is 7.11 Å². The highest BCUT2D eigenvalue weighted by molar-refractivity contribution is 4.75. The van der Waals surface area contributed by atoms with E-state index in [1.165, 1.54) is 0 Å². The molecule has 0 aromatic heterocycles. The predicted molar refractivity (Wildman–Crippen MR) is 26.2 cm³/mol. The van der Waals surface area contributed by atoms with Gasteiger partial charge in [0.05, 0.1) is 12.7 Å². The molecule has 0 N–H and O–H groups in total. The Labute approximate surface area is 43.4 Å². The van der Waals surface area contributed by atoms with E-state index < -0.39 is 0 Å². The van der Waals surface area contributed by atoms with Gasteiger partial charge in [0.2, 0.25) is 0 Å². The largest absolute Gasteiger partial charge is 0.379 e. The average Bonchev–Trinajstić information content (AvgIpc) is 2.44. The molecule has 1 fully saturated rings. The van der Waals surface area contributed by atoms with Crippen molar-refractivity contribution in [3.05, 3.63) is 0 Å². The first kappa shape index (κ1) is 5.06. The van der Waals surface area contributed by atoms with E-state index >= 15 is 0 Å². The van der Waals surface area contributed by atoms with Crippen molar-refractivity contribution in [2.24, 2.45) is 0 Å². The van der Waals surface area contributed by atoms with Crippen molar-refractivity contribution in [1.29, 1.82) is 0 Å². The lowest BCUT2D eigenvalue weighted by molar-refractivity contribution is 0.0909. The van der Waals surface area contributed by atoms with Crippen LogP contribution in [0.5, 0.6) is 0 Å². The van der Waals surface area contributed by atoms with Gasteiger partial charge >= 0.3 is 0 Å². The molecule has 42 valence electrons. The standard InChI is InChI=1S/C5H10O2/c1-4(6-2)5-3-7-5/h4-5H,3H2,1-2H3/t4-,5-/m1/s1. The van der Waals surface area contributed by atoms with Gasteiger partial charge in [0.1, 0.15) is 6.10 Å². The minimum Gasteiger partial charge on any atom is -0.379 e. The van der Waals surface area contributed by atoms with Crippen LogP contribution in [-0.2, 0) is 9.47 Å². The second kappa shape index (κ2) is 1.80. The van der Waals surface area contributed by atoms with Crippen LogP contribution in [0, 0.1) is 0 Å². The maximum absolute atomic E-state index is 4.95. The van der Waals surface area contributed by atoms with Gasteiger partial charge in [-0.25, -0.2) is 0 Å². The minimum absolute atomic E-state index is 0.292. The lowest BCUT2D eigenvalue weighted by Gasteiger charge is -2.01. The first-order valence-electron chi connectivity index (χ1n) is 2.49. The molecule has 0 amide bonds. The zero-order valence-corrected chi connectivity index (χ0v) is 4.68. The van der Waals surface area contributed by atoms with E-state index in [9.17, 15) is 0 Å². The summed E-state index contributed by atoms with van der Waals surface area (Å²) in [5.74, 6) is 0. The Hall–Kier alpha value is -0.0800. The zero-order valence-electron chi connectivity index (χ0n) is 4.68. The highest BCUT2D eigenvalue weighted by Gasteiger charge is 2.28. The second-order valence-electron chi connectivity index (χ2n) is 1.81. The van der Waals surface area contributed by atoms with Gasteiger partial charge in [-0.1, -0.05) is 0 Å². The lowest BCUT2D eigenvalue weighted by Crippen LogP contribution is -2.11. The molecule has 0 unspecified atom stereocenters. The highest BCUT2D eigenvalue weighted by Crippen LogP contribution is 2.14. The van der Waals surface area contributed by atoms with Crippen molar-refractivity contribution in [3.63, 3.8) is 0 Å². The molecule has 2 nitrogen and oxygen atoms in total. The molecule has 0 aliphatic carbocycles. The molecule has 1 saturated heterocycles. The van der Waals surface area contributed by atoms with Crippen molar-refractivity contribution < 1.29 is 9.47 Å². The number of epoxide rings is 1. The molecular weight excluding hydrogens is 92.1 g/mol. The normalized spacial score (nSPS) is 32.6. The zero-order chi connectivity index (χ0) is 5.28. The highest BCUT2D eigenvalue weighted by atomic mass is 16.6. The predicted octanol–water partition coefficient (Wildman–Crippen LogP) is 0.420. The van der Waals surface area contributed by atoms with Crippen LogP contribution < -0.4 is 0 Å². The van der Waals surface area contributed by atoms with E-state index in [2.05, 4.69) is 0 Å². The Morgan fingerprint density at radius 1 is 1.86 bits per heavy atom. The van der Waals surface area contributed by atoms with E-state index in [4.69, 9.17) is 9.47 Å². The summed E-state index contributed by atoms with van der Waals surface area (Å²) in [6, 6.07) is 0. The number of rotatable bonds is 2. The van der Waals surface area contributed by atoms with Crippen molar-refractivity contribution in [1.82, 2.24) is 0 Å². The number of ether oxygens (including phenoxy) is 2. The molecule has 1 rings (SSSR count). The summed E-state index contributed by atoms with van der Waals surface area (Å²) in [4.78, 5) is 0. The maximum Gasteiger partial charge on any atom is 0.107 e. The van der Waals surface area contributed by atoms with E-state index in [0.717, 1.165) is 6.61 Å². The Balaban J connectivity index is 2.10. The molecular formula is C5H10O2. The molecule has 2 atom stereocenters. The number of hydrogen-bond donors (Lipinski definition) is 0. The van der Waals surface area contributed by atoms with Crippen LogP contribution in [0.25, 0.3) is 0 Å². The third kappa shape index (κ3) is 1.14. The van der Waals surface area contributed by atoms with Crippen LogP contribution in [-0.4, -0.2) is 25.9 Å². The van der Waals surface area contributed by atoms with Gasteiger partial charge in [-0.05, 0) is 6.92 Å². The van der Waals surface area contributed by atoms with Crippen LogP contribution in [0.1, 0.15) is 6.92 Å². The van der Waals surface area contributed by atoms with Crippen LogP contribution in [0.3, 0.4) is 0 Å². The summed E-state index contributed by atoms with van der Waals surface area (Å²) < 4.78 is 9.89. The summed E-state index contributed by atoms with van der Waals surface area (Å²) in [7, 11) is 1.70. The quantitative estimate of drug-likeness (QED) is 0.471. The Bertz CT molecular complexity index is 59.1. The van der Waals surface area contributed by atoms with Gasteiger partial charge < -0.3 is 9.47 Å². The van der Waals surface area contributed by atoms with Gasteiger partial charge in [-0.3, -0.25) is 0 Å². The van der Waals surface area contributed by atoms with Gasteiger partial charge in [-0.2, -0.15) is 0 Å². The monoisotopic (exact) mass is 102 g/mol. The maximum atomic E-state index is 4.95. The number of methoxy groups -OCH3 is 1. The SMILES string of the molecule is CO[C@H](C)[C@H]1CO1. The summed E-state index contributed by atoms with van der Waals surface area (Å²) in [6.45, 7) is 2.90. The minimum atomic E-state index is 0.292. The average molecular weight is 102 g/mol. The lowest BCUT2D eigenvalue weighted by atomic mass is 10.3. The van der Waals surface area contributed by atoms with Gasteiger partial charge in [0, 0.05) is 7.11 Å². The molecule has 1 aliphatic rings. The fourth-order valence-electron chi connectivity index (χ4n) is 0.478.